The van der Waals surface area contributed by atoms with Crippen LogP contribution < -0.4 is 0 Å². The number of unbranched alkanes of at least 4 members (excludes halogenated alkanes) is 14. The lowest BCUT2D eigenvalue weighted by Gasteiger charge is -2.18. The first kappa shape index (κ1) is 39.9. The third-order valence-electron chi connectivity index (χ3n) is 7.57. The number of hydrogen-bond acceptors (Lipinski definition) is 3. The van der Waals surface area contributed by atoms with Crippen molar-refractivity contribution < 1.29 is 19.4 Å². The van der Waals surface area contributed by atoms with Crippen LogP contribution in [0.5, 0.6) is 0 Å². The minimum atomic E-state index is -0.699. The third-order valence-corrected chi connectivity index (χ3v) is 7.57. The van der Waals surface area contributed by atoms with Crippen LogP contribution in [0.2, 0.25) is 0 Å². The zero-order chi connectivity index (χ0) is 30.8. The molecule has 4 heteroatoms. The molecule has 0 bridgehead atoms. The second kappa shape index (κ2) is 33.4. The average molecular weight is 587 g/mol. The lowest BCUT2D eigenvalue weighted by molar-refractivity contribution is -0.150. The van der Waals surface area contributed by atoms with Crippen LogP contribution in [0, 0.1) is 0 Å². The minimum absolute atomic E-state index is 0.0293. The molecular formula is C38H66O4. The van der Waals surface area contributed by atoms with Gasteiger partial charge in [-0.15, -0.1) is 0 Å². The van der Waals surface area contributed by atoms with E-state index in [2.05, 4.69) is 62.5 Å². The number of carbonyl (C=O) groups is 2. The molecule has 0 heterocycles. The van der Waals surface area contributed by atoms with Crippen LogP contribution in [-0.2, 0) is 14.3 Å². The standard InChI is InChI=1S/C38H66O4/c1-3-5-7-9-11-13-14-15-16-17-18-19-21-27-31-35-38(41)42-36(32-28-24-20-12-10-8-6-4-2)33-29-25-22-23-26-30-34-37(39)40/h5,7,11,13,15-16,18-19,36H,3-4,6,8-10,12,14,17,20-35H2,1-2H3,(H,39,40)/b7-5-,13-11-,16-15-,19-18-. The second-order valence-corrected chi connectivity index (χ2v) is 11.7. The molecule has 0 radical (unpaired) electrons. The van der Waals surface area contributed by atoms with Crippen molar-refractivity contribution in [2.75, 3.05) is 0 Å². The Morgan fingerprint density at radius 1 is 0.548 bits per heavy atom. The Balaban J connectivity index is 4.13. The molecular weight excluding hydrogens is 520 g/mol. The molecule has 0 aliphatic carbocycles. The van der Waals surface area contributed by atoms with Gasteiger partial charge in [-0.05, 0) is 77.0 Å². The maximum absolute atomic E-state index is 12.6. The molecule has 0 spiro atoms. The highest BCUT2D eigenvalue weighted by atomic mass is 16.5. The van der Waals surface area contributed by atoms with Gasteiger partial charge in [0.25, 0.3) is 0 Å². The molecule has 42 heavy (non-hydrogen) atoms. The van der Waals surface area contributed by atoms with Crippen molar-refractivity contribution in [1.29, 1.82) is 0 Å². The Morgan fingerprint density at radius 2 is 1.00 bits per heavy atom. The molecule has 242 valence electrons. The average Bonchev–Trinajstić information content (AvgIpc) is 2.97. The van der Waals surface area contributed by atoms with E-state index in [1.165, 1.54) is 44.9 Å². The van der Waals surface area contributed by atoms with Crippen LogP contribution in [-0.4, -0.2) is 23.1 Å². The van der Waals surface area contributed by atoms with E-state index in [0.717, 1.165) is 103 Å². The molecule has 0 aliphatic rings. The van der Waals surface area contributed by atoms with E-state index >= 15 is 0 Å². The largest absolute Gasteiger partial charge is 0.481 e. The van der Waals surface area contributed by atoms with Gasteiger partial charge in [0.15, 0.2) is 0 Å². The number of allylic oxidation sites excluding steroid dienone is 8. The molecule has 0 saturated carbocycles. The van der Waals surface area contributed by atoms with Crippen LogP contribution >= 0.6 is 0 Å². The van der Waals surface area contributed by atoms with Crippen molar-refractivity contribution in [3.05, 3.63) is 48.6 Å². The number of carboxylic acid groups (broad SMARTS) is 1. The predicted molar refractivity (Wildman–Crippen MR) is 181 cm³/mol. The number of carboxylic acids is 1. The molecule has 1 atom stereocenters. The highest BCUT2D eigenvalue weighted by molar-refractivity contribution is 5.69. The summed E-state index contributed by atoms with van der Waals surface area (Å²) in [5.74, 6) is -0.728. The normalized spacial score (nSPS) is 12.8. The first-order valence-electron chi connectivity index (χ1n) is 17.6. The van der Waals surface area contributed by atoms with Gasteiger partial charge in [-0.2, -0.15) is 0 Å². The minimum Gasteiger partial charge on any atom is -0.481 e. The highest BCUT2D eigenvalue weighted by Crippen LogP contribution is 2.18. The summed E-state index contributed by atoms with van der Waals surface area (Å²) in [4.78, 5) is 23.2. The summed E-state index contributed by atoms with van der Waals surface area (Å²) in [6, 6.07) is 0. The fourth-order valence-electron chi connectivity index (χ4n) is 5.00. The topological polar surface area (TPSA) is 63.6 Å². The van der Waals surface area contributed by atoms with Crippen LogP contribution in [0.1, 0.15) is 174 Å². The van der Waals surface area contributed by atoms with E-state index in [1.54, 1.807) is 0 Å². The molecule has 0 rings (SSSR count). The summed E-state index contributed by atoms with van der Waals surface area (Å²) in [5.41, 5.74) is 0. The molecule has 4 nitrogen and oxygen atoms in total. The number of aliphatic carboxylic acids is 1. The zero-order valence-electron chi connectivity index (χ0n) is 27.5. The Bertz CT molecular complexity index is 719. The summed E-state index contributed by atoms with van der Waals surface area (Å²) < 4.78 is 5.96. The summed E-state index contributed by atoms with van der Waals surface area (Å²) >= 11 is 0. The van der Waals surface area contributed by atoms with Gasteiger partial charge in [0, 0.05) is 12.8 Å². The van der Waals surface area contributed by atoms with Crippen LogP contribution in [0.15, 0.2) is 48.6 Å². The highest BCUT2D eigenvalue weighted by Gasteiger charge is 2.14. The zero-order valence-corrected chi connectivity index (χ0v) is 27.5. The Kier molecular flexibility index (Phi) is 31.7. The van der Waals surface area contributed by atoms with Gasteiger partial charge >= 0.3 is 11.9 Å². The molecule has 0 aromatic heterocycles. The summed E-state index contributed by atoms with van der Waals surface area (Å²) in [5, 5.41) is 8.76. The Morgan fingerprint density at radius 3 is 1.52 bits per heavy atom. The van der Waals surface area contributed by atoms with Gasteiger partial charge in [-0.3, -0.25) is 9.59 Å². The van der Waals surface area contributed by atoms with Crippen molar-refractivity contribution in [3.8, 4) is 0 Å². The second-order valence-electron chi connectivity index (χ2n) is 11.7. The van der Waals surface area contributed by atoms with Gasteiger partial charge in [-0.25, -0.2) is 0 Å². The number of ether oxygens (including phenoxy) is 1. The molecule has 1 unspecified atom stereocenters. The van der Waals surface area contributed by atoms with Gasteiger partial charge in [0.2, 0.25) is 0 Å². The summed E-state index contributed by atoms with van der Waals surface area (Å²) in [6.07, 6.45) is 44.1. The van der Waals surface area contributed by atoms with E-state index in [9.17, 15) is 9.59 Å². The molecule has 0 aliphatic heterocycles. The molecule has 0 aromatic carbocycles. The molecule has 1 N–H and O–H groups in total. The number of carbonyl (C=O) groups excluding carboxylic acids is 1. The van der Waals surface area contributed by atoms with E-state index in [-0.39, 0.29) is 18.5 Å². The van der Waals surface area contributed by atoms with Gasteiger partial charge in [-0.1, -0.05) is 133 Å². The number of hydrogen-bond donors (Lipinski definition) is 1. The SMILES string of the molecule is CC/C=C\C/C=C\C/C=C\C/C=C\CCCCC(=O)OC(CCCCCCCCCC)CCCCCCCCC(=O)O. The summed E-state index contributed by atoms with van der Waals surface area (Å²) in [7, 11) is 0. The van der Waals surface area contributed by atoms with Crippen molar-refractivity contribution in [3.63, 3.8) is 0 Å². The van der Waals surface area contributed by atoms with Crippen LogP contribution in [0.3, 0.4) is 0 Å². The van der Waals surface area contributed by atoms with Crippen molar-refractivity contribution in [2.24, 2.45) is 0 Å². The fraction of sp³-hybridized carbons (Fsp3) is 0.737. The van der Waals surface area contributed by atoms with E-state index in [0.29, 0.717) is 6.42 Å². The molecule has 0 saturated heterocycles. The third kappa shape index (κ3) is 32.4. The van der Waals surface area contributed by atoms with E-state index in [1.807, 2.05) is 0 Å². The molecule has 0 fully saturated rings. The quantitative estimate of drug-likeness (QED) is 0.0498. The Hall–Kier alpha value is -2.10. The first-order chi connectivity index (χ1) is 20.6. The molecule has 0 amide bonds. The van der Waals surface area contributed by atoms with E-state index < -0.39 is 5.97 Å². The summed E-state index contributed by atoms with van der Waals surface area (Å²) in [6.45, 7) is 4.41. The van der Waals surface area contributed by atoms with Gasteiger partial charge in [0.1, 0.15) is 6.10 Å². The fourth-order valence-corrected chi connectivity index (χ4v) is 5.00. The van der Waals surface area contributed by atoms with E-state index in [4.69, 9.17) is 9.84 Å². The van der Waals surface area contributed by atoms with Crippen molar-refractivity contribution in [1.82, 2.24) is 0 Å². The molecule has 0 aromatic rings. The maximum atomic E-state index is 12.6. The van der Waals surface area contributed by atoms with Gasteiger partial charge < -0.3 is 9.84 Å². The number of esters is 1. The van der Waals surface area contributed by atoms with Crippen LogP contribution in [0.4, 0.5) is 0 Å². The van der Waals surface area contributed by atoms with Crippen molar-refractivity contribution >= 4 is 11.9 Å². The lowest BCUT2D eigenvalue weighted by Crippen LogP contribution is -2.18. The maximum Gasteiger partial charge on any atom is 0.306 e. The number of rotatable bonds is 31. The lowest BCUT2D eigenvalue weighted by atomic mass is 10.0. The monoisotopic (exact) mass is 586 g/mol. The smallest absolute Gasteiger partial charge is 0.306 e. The van der Waals surface area contributed by atoms with Gasteiger partial charge in [0.05, 0.1) is 0 Å². The first-order valence-corrected chi connectivity index (χ1v) is 17.6. The van der Waals surface area contributed by atoms with Crippen LogP contribution in [0.25, 0.3) is 0 Å². The van der Waals surface area contributed by atoms with Crippen molar-refractivity contribution in [2.45, 2.75) is 180 Å². The predicted octanol–water partition coefficient (Wildman–Crippen LogP) is 12.0. The Labute approximate surface area is 260 Å².